The highest BCUT2D eigenvalue weighted by molar-refractivity contribution is 8.00. The predicted octanol–water partition coefficient (Wildman–Crippen LogP) is 5.95. The number of esters is 1. The standard InChI is InChI=1S/C31H36N2O2S/c1-4-35-29(34)28-20-13-21-32-30(28,3)33-22-23-36-31(25-15-7-5-8-16-25,26-17-9-6-10-18-26)27-19-12-11-14-24(27)2/h5-21,24,27,32-33H,4,22-23H2,1-3H3. The third-order valence-electron chi connectivity index (χ3n) is 6.96. The fourth-order valence-electron chi connectivity index (χ4n) is 5.15. The second-order valence-corrected chi connectivity index (χ2v) is 10.7. The molecule has 3 unspecified atom stereocenters. The molecule has 0 fully saturated rings. The van der Waals surface area contributed by atoms with Gasteiger partial charge in [0, 0.05) is 18.2 Å². The molecular weight excluding hydrogens is 464 g/mol. The first-order valence-corrected chi connectivity index (χ1v) is 13.7. The minimum atomic E-state index is -0.690. The molecule has 4 rings (SSSR count). The average Bonchev–Trinajstić information content (AvgIpc) is 2.91. The average molecular weight is 501 g/mol. The number of ether oxygens (including phenoxy) is 1. The van der Waals surface area contributed by atoms with Crippen LogP contribution in [0.4, 0.5) is 0 Å². The molecule has 0 aromatic heterocycles. The van der Waals surface area contributed by atoms with Crippen LogP contribution in [0.25, 0.3) is 0 Å². The van der Waals surface area contributed by atoms with Crippen molar-refractivity contribution in [2.24, 2.45) is 11.8 Å². The van der Waals surface area contributed by atoms with Crippen molar-refractivity contribution in [3.05, 3.63) is 120 Å². The van der Waals surface area contributed by atoms with E-state index in [2.05, 4.69) is 103 Å². The first kappa shape index (κ1) is 26.1. The summed E-state index contributed by atoms with van der Waals surface area (Å²) in [5, 5.41) is 6.92. The van der Waals surface area contributed by atoms with Crippen molar-refractivity contribution >= 4 is 17.7 Å². The fraction of sp³-hybridized carbons (Fsp3) is 0.323. The van der Waals surface area contributed by atoms with Crippen LogP contribution in [0.15, 0.2) is 109 Å². The summed E-state index contributed by atoms with van der Waals surface area (Å²) in [6, 6.07) is 21.7. The Morgan fingerprint density at radius 1 is 1.03 bits per heavy atom. The van der Waals surface area contributed by atoms with Crippen LogP contribution in [-0.4, -0.2) is 30.5 Å². The van der Waals surface area contributed by atoms with Crippen LogP contribution in [0, 0.1) is 11.8 Å². The molecule has 36 heavy (non-hydrogen) atoms. The van der Waals surface area contributed by atoms with Gasteiger partial charge < -0.3 is 10.1 Å². The maximum atomic E-state index is 12.6. The number of hydrogen-bond donors (Lipinski definition) is 2. The Morgan fingerprint density at radius 2 is 1.67 bits per heavy atom. The van der Waals surface area contributed by atoms with Crippen molar-refractivity contribution in [1.29, 1.82) is 0 Å². The van der Waals surface area contributed by atoms with Gasteiger partial charge in [0.25, 0.3) is 0 Å². The molecule has 3 atom stereocenters. The Balaban J connectivity index is 1.62. The van der Waals surface area contributed by atoms with Gasteiger partial charge in [0.2, 0.25) is 0 Å². The van der Waals surface area contributed by atoms with Gasteiger partial charge in [-0.3, -0.25) is 5.32 Å². The number of thioether (sulfide) groups is 1. The lowest BCUT2D eigenvalue weighted by atomic mass is 9.72. The summed E-state index contributed by atoms with van der Waals surface area (Å²) in [6.07, 6.45) is 14.5. The van der Waals surface area contributed by atoms with E-state index >= 15 is 0 Å². The quantitative estimate of drug-likeness (QED) is 0.312. The van der Waals surface area contributed by atoms with E-state index in [1.54, 1.807) is 0 Å². The number of benzene rings is 2. The van der Waals surface area contributed by atoms with Gasteiger partial charge in [-0.25, -0.2) is 4.79 Å². The summed E-state index contributed by atoms with van der Waals surface area (Å²) in [5.74, 6) is 1.23. The Hall–Kier alpha value is -3.02. The summed E-state index contributed by atoms with van der Waals surface area (Å²) in [6.45, 7) is 7.18. The Morgan fingerprint density at radius 3 is 2.28 bits per heavy atom. The molecule has 1 aliphatic carbocycles. The number of rotatable bonds is 10. The summed E-state index contributed by atoms with van der Waals surface area (Å²) in [5.41, 5.74) is 2.50. The van der Waals surface area contributed by atoms with Crippen molar-refractivity contribution in [2.45, 2.75) is 31.2 Å². The molecule has 0 bridgehead atoms. The molecule has 1 heterocycles. The van der Waals surface area contributed by atoms with Gasteiger partial charge in [0.1, 0.15) is 5.66 Å². The van der Waals surface area contributed by atoms with E-state index in [0.29, 0.717) is 30.6 Å². The van der Waals surface area contributed by atoms with Crippen LogP contribution in [-0.2, 0) is 14.3 Å². The zero-order valence-corrected chi connectivity index (χ0v) is 22.1. The molecule has 0 saturated carbocycles. The fourth-order valence-corrected chi connectivity index (χ4v) is 6.77. The van der Waals surface area contributed by atoms with E-state index in [0.717, 1.165) is 5.75 Å². The third kappa shape index (κ3) is 5.37. The number of carbonyl (C=O) groups excluding carboxylic acids is 1. The zero-order chi connectivity index (χ0) is 25.4. The number of dihydropyridines is 1. The smallest absolute Gasteiger partial charge is 0.337 e. The Kier molecular flexibility index (Phi) is 8.55. The normalized spacial score (nSPS) is 23.1. The molecule has 5 heteroatoms. The summed E-state index contributed by atoms with van der Waals surface area (Å²) in [4.78, 5) is 12.6. The van der Waals surface area contributed by atoms with Gasteiger partial charge in [-0.2, -0.15) is 0 Å². The second-order valence-electron chi connectivity index (χ2n) is 9.33. The maximum absolute atomic E-state index is 12.6. The Labute approximate surface area is 219 Å². The number of nitrogens with one attached hydrogen (secondary N) is 2. The largest absolute Gasteiger partial charge is 0.463 e. The summed E-state index contributed by atoms with van der Waals surface area (Å²) in [7, 11) is 0. The molecule has 2 aromatic carbocycles. The van der Waals surface area contributed by atoms with Crippen molar-refractivity contribution in [3.63, 3.8) is 0 Å². The molecule has 1 aliphatic heterocycles. The maximum Gasteiger partial charge on any atom is 0.337 e. The van der Waals surface area contributed by atoms with E-state index in [9.17, 15) is 4.79 Å². The SMILES string of the molecule is CCOC(=O)C1=CC=CNC1(C)NCCSC(c1ccccc1)(c1ccccc1)C1C=CC=CC1C. The van der Waals surface area contributed by atoms with Gasteiger partial charge in [-0.05, 0) is 49.2 Å². The van der Waals surface area contributed by atoms with Gasteiger partial charge in [-0.1, -0.05) is 91.9 Å². The number of allylic oxidation sites excluding steroid dienone is 6. The number of hydrogen-bond acceptors (Lipinski definition) is 5. The molecule has 2 aliphatic rings. The van der Waals surface area contributed by atoms with E-state index in [-0.39, 0.29) is 10.7 Å². The van der Waals surface area contributed by atoms with Gasteiger partial charge in [0.15, 0.2) is 0 Å². The van der Waals surface area contributed by atoms with Crippen LogP contribution in [0.2, 0.25) is 0 Å². The van der Waals surface area contributed by atoms with Crippen LogP contribution in [0.5, 0.6) is 0 Å². The molecule has 188 valence electrons. The van der Waals surface area contributed by atoms with Gasteiger partial charge in [0.05, 0.1) is 16.9 Å². The second kappa shape index (κ2) is 11.8. The van der Waals surface area contributed by atoms with E-state index < -0.39 is 5.66 Å². The van der Waals surface area contributed by atoms with E-state index in [1.807, 2.05) is 44.0 Å². The van der Waals surface area contributed by atoms with Crippen LogP contribution in [0.1, 0.15) is 31.9 Å². The van der Waals surface area contributed by atoms with Crippen LogP contribution in [0.3, 0.4) is 0 Å². The highest BCUT2D eigenvalue weighted by atomic mass is 32.2. The lowest BCUT2D eigenvalue weighted by Gasteiger charge is -2.43. The molecule has 0 amide bonds. The van der Waals surface area contributed by atoms with Crippen molar-refractivity contribution in [3.8, 4) is 0 Å². The topological polar surface area (TPSA) is 50.4 Å². The Bertz CT molecular complexity index is 1100. The van der Waals surface area contributed by atoms with Crippen LogP contribution < -0.4 is 10.6 Å². The minimum absolute atomic E-state index is 0.258. The lowest BCUT2D eigenvalue weighted by Crippen LogP contribution is -2.57. The molecule has 0 radical (unpaired) electrons. The molecule has 2 aromatic rings. The highest BCUT2D eigenvalue weighted by Gasteiger charge is 2.44. The molecule has 2 N–H and O–H groups in total. The van der Waals surface area contributed by atoms with Gasteiger partial charge in [-0.15, -0.1) is 11.8 Å². The van der Waals surface area contributed by atoms with E-state index in [1.165, 1.54) is 11.1 Å². The van der Waals surface area contributed by atoms with Crippen LogP contribution >= 0.6 is 11.8 Å². The highest BCUT2D eigenvalue weighted by Crippen LogP contribution is 2.52. The monoisotopic (exact) mass is 500 g/mol. The van der Waals surface area contributed by atoms with Crippen molar-refractivity contribution in [2.75, 3.05) is 18.9 Å². The first-order valence-electron chi connectivity index (χ1n) is 12.7. The molecule has 4 nitrogen and oxygen atoms in total. The zero-order valence-electron chi connectivity index (χ0n) is 21.3. The van der Waals surface area contributed by atoms with Crippen molar-refractivity contribution < 1.29 is 9.53 Å². The predicted molar refractivity (Wildman–Crippen MR) is 150 cm³/mol. The minimum Gasteiger partial charge on any atom is -0.463 e. The summed E-state index contributed by atoms with van der Waals surface area (Å²) < 4.78 is 5.05. The summed E-state index contributed by atoms with van der Waals surface area (Å²) >= 11 is 1.96. The third-order valence-corrected chi connectivity index (χ3v) is 8.57. The molecule has 0 spiro atoms. The first-order chi connectivity index (χ1) is 17.5. The number of carbonyl (C=O) groups is 1. The van der Waals surface area contributed by atoms with Crippen molar-refractivity contribution in [1.82, 2.24) is 10.6 Å². The van der Waals surface area contributed by atoms with Gasteiger partial charge >= 0.3 is 5.97 Å². The lowest BCUT2D eigenvalue weighted by molar-refractivity contribution is -0.139. The molecular formula is C31H36N2O2S. The van der Waals surface area contributed by atoms with E-state index in [4.69, 9.17) is 4.74 Å². The molecule has 0 saturated heterocycles.